The minimum Gasteiger partial charge on any atom is -0.312 e. The summed E-state index contributed by atoms with van der Waals surface area (Å²) in [5.74, 6) is 0. The van der Waals surface area contributed by atoms with Crippen LogP contribution in [0.2, 0.25) is 0 Å². The van der Waals surface area contributed by atoms with Crippen molar-refractivity contribution in [2.24, 2.45) is 0 Å². The highest BCUT2D eigenvalue weighted by atomic mass is 15.4. The van der Waals surface area contributed by atoms with E-state index in [0.717, 1.165) is 32.6 Å². The van der Waals surface area contributed by atoms with Crippen LogP contribution in [0.15, 0.2) is 73.3 Å². The van der Waals surface area contributed by atoms with Gasteiger partial charge in [-0.2, -0.15) is 5.10 Å². The Bertz CT molecular complexity index is 774. The summed E-state index contributed by atoms with van der Waals surface area (Å²) in [7, 11) is 0. The zero-order chi connectivity index (χ0) is 20.5. The van der Waals surface area contributed by atoms with E-state index in [4.69, 9.17) is 0 Å². The summed E-state index contributed by atoms with van der Waals surface area (Å²) < 4.78 is 1.93. The number of benzene rings is 2. The van der Waals surface area contributed by atoms with Gasteiger partial charge in [0, 0.05) is 25.7 Å². The molecule has 0 spiro atoms. The number of aromatic nitrogens is 3. The maximum atomic E-state index is 4.32. The molecule has 1 aromatic heterocycles. The lowest BCUT2D eigenvalue weighted by atomic mass is 9.96. The molecule has 3 aromatic rings. The summed E-state index contributed by atoms with van der Waals surface area (Å²) in [6, 6.07) is 21.7. The Morgan fingerprint density at radius 1 is 0.966 bits per heavy atom. The van der Waals surface area contributed by atoms with Crippen LogP contribution in [-0.4, -0.2) is 38.8 Å². The van der Waals surface area contributed by atoms with Gasteiger partial charge in [-0.3, -0.25) is 4.90 Å². The van der Waals surface area contributed by atoms with Crippen LogP contribution < -0.4 is 5.32 Å². The lowest BCUT2D eigenvalue weighted by molar-refractivity contribution is 0.220. The van der Waals surface area contributed by atoms with Crippen molar-refractivity contribution in [3.05, 3.63) is 84.4 Å². The van der Waals surface area contributed by atoms with Crippen LogP contribution in [0.4, 0.5) is 0 Å². The molecule has 29 heavy (non-hydrogen) atoms. The van der Waals surface area contributed by atoms with Crippen LogP contribution in [0.25, 0.3) is 0 Å². The Labute approximate surface area is 174 Å². The first kappa shape index (κ1) is 21.2. The zero-order valence-corrected chi connectivity index (χ0v) is 17.8. The highest BCUT2D eigenvalue weighted by Gasteiger charge is 2.28. The number of rotatable bonds is 11. The van der Waals surface area contributed by atoms with Crippen LogP contribution in [0.1, 0.15) is 38.3 Å². The quantitative estimate of drug-likeness (QED) is 0.500. The van der Waals surface area contributed by atoms with Gasteiger partial charge in [0.05, 0.1) is 5.54 Å². The molecular weight excluding hydrogens is 358 g/mol. The molecule has 5 heteroatoms. The van der Waals surface area contributed by atoms with Gasteiger partial charge in [0.2, 0.25) is 0 Å². The third kappa shape index (κ3) is 6.24. The number of hydrogen-bond acceptors (Lipinski definition) is 4. The van der Waals surface area contributed by atoms with Gasteiger partial charge in [0.1, 0.15) is 12.7 Å². The maximum Gasteiger partial charge on any atom is 0.137 e. The molecule has 1 atom stereocenters. The van der Waals surface area contributed by atoms with E-state index in [1.165, 1.54) is 11.1 Å². The van der Waals surface area contributed by atoms with E-state index in [2.05, 4.69) is 102 Å². The van der Waals surface area contributed by atoms with Crippen molar-refractivity contribution in [3.63, 3.8) is 0 Å². The fourth-order valence-electron chi connectivity index (χ4n) is 3.47. The highest BCUT2D eigenvalue weighted by molar-refractivity contribution is 5.17. The van der Waals surface area contributed by atoms with Gasteiger partial charge in [-0.05, 0) is 44.9 Å². The fourth-order valence-corrected chi connectivity index (χ4v) is 3.47. The minimum atomic E-state index is -0.121. The van der Waals surface area contributed by atoms with Crippen molar-refractivity contribution < 1.29 is 0 Å². The summed E-state index contributed by atoms with van der Waals surface area (Å²) in [5.41, 5.74) is 2.60. The predicted molar refractivity (Wildman–Crippen MR) is 118 cm³/mol. The first-order valence-electron chi connectivity index (χ1n) is 10.4. The van der Waals surface area contributed by atoms with Gasteiger partial charge in [-0.15, -0.1) is 0 Å². The molecule has 0 amide bonds. The van der Waals surface area contributed by atoms with Gasteiger partial charge >= 0.3 is 0 Å². The molecule has 0 aliphatic rings. The predicted octanol–water partition coefficient (Wildman–Crippen LogP) is 4.08. The molecule has 0 aliphatic heterocycles. The molecule has 1 unspecified atom stereocenters. The second-order valence-corrected chi connectivity index (χ2v) is 8.20. The molecule has 1 N–H and O–H groups in total. The van der Waals surface area contributed by atoms with Crippen molar-refractivity contribution in [1.82, 2.24) is 25.0 Å². The Hall–Kier alpha value is -2.50. The van der Waals surface area contributed by atoms with Crippen LogP contribution in [0.5, 0.6) is 0 Å². The van der Waals surface area contributed by atoms with Crippen molar-refractivity contribution in [3.8, 4) is 0 Å². The molecule has 3 rings (SSSR count). The standard InChI is InChI=1S/C24H33N5/c1-21(24(2,3)29-20-25-19-27-29)26-15-10-16-28(17-22-11-6-4-7-12-22)18-23-13-8-5-9-14-23/h4-9,11-14,19-21,26H,10,15-18H2,1-3H3. The first-order valence-corrected chi connectivity index (χ1v) is 10.4. The normalized spacial score (nSPS) is 13.0. The second-order valence-electron chi connectivity index (χ2n) is 8.20. The average Bonchev–Trinajstić information content (AvgIpc) is 3.28. The van der Waals surface area contributed by atoms with Crippen molar-refractivity contribution >= 4 is 0 Å². The maximum absolute atomic E-state index is 4.32. The second kappa shape index (κ2) is 10.3. The first-order chi connectivity index (χ1) is 14.1. The Morgan fingerprint density at radius 3 is 2.07 bits per heavy atom. The summed E-state index contributed by atoms with van der Waals surface area (Å²) in [6.45, 7) is 10.6. The molecule has 0 aliphatic carbocycles. The molecule has 2 aromatic carbocycles. The highest BCUT2D eigenvalue weighted by Crippen LogP contribution is 2.18. The molecule has 0 saturated carbocycles. The van der Waals surface area contributed by atoms with E-state index in [9.17, 15) is 0 Å². The minimum absolute atomic E-state index is 0.121. The average molecular weight is 392 g/mol. The smallest absolute Gasteiger partial charge is 0.137 e. The van der Waals surface area contributed by atoms with Crippen LogP contribution in [-0.2, 0) is 18.6 Å². The molecule has 0 saturated heterocycles. The monoisotopic (exact) mass is 391 g/mol. The lowest BCUT2D eigenvalue weighted by Gasteiger charge is -2.32. The molecule has 154 valence electrons. The number of nitrogens with one attached hydrogen (secondary N) is 1. The third-order valence-electron chi connectivity index (χ3n) is 5.67. The van der Waals surface area contributed by atoms with Gasteiger partial charge in [-0.25, -0.2) is 9.67 Å². The summed E-state index contributed by atoms with van der Waals surface area (Å²) in [5, 5.41) is 8.00. The van der Waals surface area contributed by atoms with E-state index >= 15 is 0 Å². The third-order valence-corrected chi connectivity index (χ3v) is 5.67. The van der Waals surface area contributed by atoms with Gasteiger partial charge < -0.3 is 5.32 Å². The van der Waals surface area contributed by atoms with E-state index in [1.807, 2.05) is 4.68 Å². The largest absolute Gasteiger partial charge is 0.312 e. The molecular formula is C24H33N5. The fraction of sp³-hybridized carbons (Fsp3) is 0.417. The lowest BCUT2D eigenvalue weighted by Crippen LogP contribution is -2.47. The van der Waals surface area contributed by atoms with Crippen LogP contribution in [0.3, 0.4) is 0 Å². The van der Waals surface area contributed by atoms with Crippen LogP contribution >= 0.6 is 0 Å². The summed E-state index contributed by atoms with van der Waals surface area (Å²) >= 11 is 0. The molecule has 1 heterocycles. The zero-order valence-electron chi connectivity index (χ0n) is 17.8. The van der Waals surface area contributed by atoms with E-state index in [1.54, 1.807) is 12.7 Å². The summed E-state index contributed by atoms with van der Waals surface area (Å²) in [6.07, 6.45) is 4.48. The number of nitrogens with zero attached hydrogens (tertiary/aromatic N) is 4. The van der Waals surface area contributed by atoms with Gasteiger partial charge in [-0.1, -0.05) is 60.7 Å². The van der Waals surface area contributed by atoms with Crippen molar-refractivity contribution in [2.45, 2.75) is 51.9 Å². The van der Waals surface area contributed by atoms with Crippen molar-refractivity contribution in [2.75, 3.05) is 13.1 Å². The number of hydrogen-bond donors (Lipinski definition) is 1. The topological polar surface area (TPSA) is 46.0 Å². The summed E-state index contributed by atoms with van der Waals surface area (Å²) in [4.78, 5) is 6.62. The molecule has 0 radical (unpaired) electrons. The van der Waals surface area contributed by atoms with Gasteiger partial charge in [0.15, 0.2) is 0 Å². The molecule has 0 fully saturated rings. The van der Waals surface area contributed by atoms with Crippen molar-refractivity contribution in [1.29, 1.82) is 0 Å². The van der Waals surface area contributed by atoms with Gasteiger partial charge in [0.25, 0.3) is 0 Å². The van der Waals surface area contributed by atoms with Crippen LogP contribution in [0, 0.1) is 0 Å². The Balaban J connectivity index is 1.52. The molecule has 5 nitrogen and oxygen atoms in total. The Morgan fingerprint density at radius 2 is 1.55 bits per heavy atom. The van der Waals surface area contributed by atoms with E-state index < -0.39 is 0 Å². The SMILES string of the molecule is CC(NCCCN(Cc1ccccc1)Cc1ccccc1)C(C)(C)n1cncn1. The molecule has 0 bridgehead atoms. The van der Waals surface area contributed by atoms with E-state index in [-0.39, 0.29) is 5.54 Å². The Kier molecular flexibility index (Phi) is 7.55. The van der Waals surface area contributed by atoms with E-state index in [0.29, 0.717) is 6.04 Å².